The lowest BCUT2D eigenvalue weighted by atomic mass is 10.2. The third-order valence-electron chi connectivity index (χ3n) is 3.81. The van der Waals surface area contributed by atoms with Gasteiger partial charge in [-0.1, -0.05) is 23.2 Å². The molecule has 0 amide bonds. The van der Waals surface area contributed by atoms with Gasteiger partial charge in [-0.15, -0.1) is 0 Å². The maximum absolute atomic E-state index is 13.4. The quantitative estimate of drug-likeness (QED) is 0.816. The largest absolute Gasteiger partial charge is 0.433 e. The summed E-state index contributed by atoms with van der Waals surface area (Å²) < 4.78 is 45.6. The Hall–Kier alpha value is -1.61. The van der Waals surface area contributed by atoms with Crippen LogP contribution in [0.4, 0.5) is 24.8 Å². The number of rotatable bonds is 4. The van der Waals surface area contributed by atoms with Crippen LogP contribution in [0.2, 0.25) is 10.0 Å². The normalized spacial score (nSPS) is 15.9. The van der Waals surface area contributed by atoms with Gasteiger partial charge < -0.3 is 10.1 Å². The van der Waals surface area contributed by atoms with Crippen LogP contribution in [0.15, 0.2) is 24.4 Å². The Morgan fingerprint density at radius 3 is 2.58 bits per heavy atom. The molecule has 1 aliphatic rings. The van der Waals surface area contributed by atoms with Gasteiger partial charge in [0.1, 0.15) is 0 Å². The summed E-state index contributed by atoms with van der Waals surface area (Å²) in [4.78, 5) is 9.55. The molecule has 3 rings (SSSR count). The van der Waals surface area contributed by atoms with Crippen LogP contribution in [0.1, 0.15) is 11.3 Å². The number of halogens is 5. The lowest BCUT2D eigenvalue weighted by Crippen LogP contribution is -2.36. The smallest absolute Gasteiger partial charge is 0.379 e. The lowest BCUT2D eigenvalue weighted by Gasteiger charge is -2.27. The van der Waals surface area contributed by atoms with E-state index < -0.39 is 11.9 Å². The zero-order valence-corrected chi connectivity index (χ0v) is 15.0. The number of ether oxygens (including phenoxy) is 1. The van der Waals surface area contributed by atoms with Crippen molar-refractivity contribution < 1.29 is 17.9 Å². The van der Waals surface area contributed by atoms with Crippen molar-refractivity contribution in [2.75, 3.05) is 31.6 Å². The molecule has 0 bridgehead atoms. The van der Waals surface area contributed by atoms with Gasteiger partial charge in [0, 0.05) is 36.4 Å². The van der Waals surface area contributed by atoms with Crippen LogP contribution in [0.25, 0.3) is 0 Å². The van der Waals surface area contributed by atoms with Crippen LogP contribution in [0.3, 0.4) is 0 Å². The molecule has 5 nitrogen and oxygen atoms in total. The maximum atomic E-state index is 13.4. The second-order valence-electron chi connectivity index (χ2n) is 5.70. The lowest BCUT2D eigenvalue weighted by molar-refractivity contribution is -0.142. The van der Waals surface area contributed by atoms with E-state index in [4.69, 9.17) is 27.9 Å². The summed E-state index contributed by atoms with van der Waals surface area (Å²) in [6.45, 7) is 2.24. The zero-order chi connectivity index (χ0) is 18.7. The van der Waals surface area contributed by atoms with E-state index in [2.05, 4.69) is 15.3 Å². The van der Waals surface area contributed by atoms with Crippen molar-refractivity contribution in [3.8, 4) is 0 Å². The summed E-state index contributed by atoms with van der Waals surface area (Å²) >= 11 is 11.8. The number of hydrogen-bond donors (Lipinski definition) is 1. The van der Waals surface area contributed by atoms with Gasteiger partial charge in [-0.3, -0.25) is 4.90 Å². The van der Waals surface area contributed by atoms with E-state index in [9.17, 15) is 13.2 Å². The molecule has 2 aromatic rings. The summed E-state index contributed by atoms with van der Waals surface area (Å²) in [5.74, 6) is -0.188. The van der Waals surface area contributed by atoms with Crippen LogP contribution >= 0.6 is 23.2 Å². The first-order chi connectivity index (χ1) is 12.3. The fourth-order valence-electron chi connectivity index (χ4n) is 2.54. The number of morpholine rings is 1. The van der Waals surface area contributed by atoms with E-state index >= 15 is 0 Å². The average Bonchev–Trinajstić information content (AvgIpc) is 2.58. The SMILES string of the molecule is FC(F)(F)c1nc(Nc2ccc(Cl)cc2Cl)ncc1CN1CCOCC1. The summed E-state index contributed by atoms with van der Waals surface area (Å²) in [6.07, 6.45) is -3.40. The Bertz CT molecular complexity index is 783. The van der Waals surface area contributed by atoms with Crippen LogP contribution in [-0.4, -0.2) is 41.2 Å². The summed E-state index contributed by atoms with van der Waals surface area (Å²) in [7, 11) is 0. The highest BCUT2D eigenvalue weighted by molar-refractivity contribution is 6.36. The molecule has 140 valence electrons. The molecule has 1 saturated heterocycles. The van der Waals surface area contributed by atoms with Gasteiger partial charge in [0.05, 0.1) is 23.9 Å². The van der Waals surface area contributed by atoms with E-state index in [0.717, 1.165) is 0 Å². The number of nitrogens with one attached hydrogen (secondary N) is 1. The predicted molar refractivity (Wildman–Crippen MR) is 92.9 cm³/mol. The first kappa shape index (κ1) is 19.2. The Balaban J connectivity index is 1.86. The van der Waals surface area contributed by atoms with Crippen molar-refractivity contribution >= 4 is 34.8 Å². The summed E-state index contributed by atoms with van der Waals surface area (Å²) in [5.41, 5.74) is -0.580. The molecule has 1 aliphatic heterocycles. The van der Waals surface area contributed by atoms with E-state index in [1.165, 1.54) is 12.3 Å². The van der Waals surface area contributed by atoms with Crippen LogP contribution in [-0.2, 0) is 17.5 Å². The molecule has 1 aromatic heterocycles. The Labute approximate surface area is 158 Å². The molecular weight excluding hydrogens is 392 g/mol. The Morgan fingerprint density at radius 1 is 1.19 bits per heavy atom. The topological polar surface area (TPSA) is 50.3 Å². The van der Waals surface area contributed by atoms with Gasteiger partial charge >= 0.3 is 6.18 Å². The minimum Gasteiger partial charge on any atom is -0.379 e. The average molecular weight is 407 g/mol. The van der Waals surface area contributed by atoms with Crippen molar-refractivity contribution in [3.05, 3.63) is 45.7 Å². The summed E-state index contributed by atoms with van der Waals surface area (Å²) in [6, 6.07) is 4.58. The fraction of sp³-hybridized carbons (Fsp3) is 0.375. The highest BCUT2D eigenvalue weighted by Gasteiger charge is 2.36. The Morgan fingerprint density at radius 2 is 1.92 bits per heavy atom. The molecule has 0 radical (unpaired) electrons. The third kappa shape index (κ3) is 4.76. The second kappa shape index (κ2) is 7.96. The van der Waals surface area contributed by atoms with Crippen molar-refractivity contribution in [3.63, 3.8) is 0 Å². The van der Waals surface area contributed by atoms with Crippen molar-refractivity contribution in [2.45, 2.75) is 12.7 Å². The van der Waals surface area contributed by atoms with Crippen LogP contribution in [0, 0.1) is 0 Å². The summed E-state index contributed by atoms with van der Waals surface area (Å²) in [5, 5.41) is 3.37. The number of aromatic nitrogens is 2. The van der Waals surface area contributed by atoms with Crippen molar-refractivity contribution in [2.24, 2.45) is 0 Å². The first-order valence-corrected chi connectivity index (χ1v) is 8.54. The van der Waals surface area contributed by atoms with E-state index in [-0.39, 0.29) is 23.1 Å². The molecule has 0 saturated carbocycles. The Kier molecular flexibility index (Phi) is 5.86. The number of nitrogens with zero attached hydrogens (tertiary/aromatic N) is 3. The number of hydrogen-bond acceptors (Lipinski definition) is 5. The molecular formula is C16H15Cl2F3N4O. The van der Waals surface area contributed by atoms with Gasteiger partial charge in [-0.05, 0) is 18.2 Å². The number of anilines is 2. The van der Waals surface area contributed by atoms with Gasteiger partial charge in [0.15, 0.2) is 5.69 Å². The molecule has 1 N–H and O–H groups in total. The molecule has 1 aromatic carbocycles. The minimum atomic E-state index is -4.59. The fourth-order valence-corrected chi connectivity index (χ4v) is 3.00. The third-order valence-corrected chi connectivity index (χ3v) is 4.36. The van der Waals surface area contributed by atoms with E-state index in [0.29, 0.717) is 37.0 Å². The van der Waals surface area contributed by atoms with Gasteiger partial charge in [0.25, 0.3) is 0 Å². The molecule has 1 fully saturated rings. The van der Waals surface area contributed by atoms with Crippen molar-refractivity contribution in [1.82, 2.24) is 14.9 Å². The zero-order valence-electron chi connectivity index (χ0n) is 13.5. The molecule has 0 aliphatic carbocycles. The van der Waals surface area contributed by atoms with Crippen LogP contribution in [0.5, 0.6) is 0 Å². The van der Waals surface area contributed by atoms with E-state index in [1.807, 2.05) is 4.90 Å². The molecule has 26 heavy (non-hydrogen) atoms. The standard InChI is InChI=1S/C16H15Cl2F3N4O/c17-11-1-2-13(12(18)7-11)23-15-22-8-10(14(24-15)16(19,20)21)9-25-3-5-26-6-4-25/h1-2,7-8H,3-6,9H2,(H,22,23,24). The van der Waals surface area contributed by atoms with Gasteiger partial charge in [0.2, 0.25) is 5.95 Å². The number of benzene rings is 1. The van der Waals surface area contributed by atoms with E-state index in [1.54, 1.807) is 12.1 Å². The number of alkyl halides is 3. The molecule has 10 heteroatoms. The molecule has 2 heterocycles. The van der Waals surface area contributed by atoms with Gasteiger partial charge in [-0.2, -0.15) is 13.2 Å². The highest BCUT2D eigenvalue weighted by atomic mass is 35.5. The second-order valence-corrected chi connectivity index (χ2v) is 6.55. The molecule has 0 atom stereocenters. The molecule has 0 unspecified atom stereocenters. The molecule has 0 spiro atoms. The van der Waals surface area contributed by atoms with Crippen LogP contribution < -0.4 is 5.32 Å². The van der Waals surface area contributed by atoms with Crippen molar-refractivity contribution in [1.29, 1.82) is 0 Å². The highest BCUT2D eigenvalue weighted by Crippen LogP contribution is 2.33. The maximum Gasteiger partial charge on any atom is 0.433 e. The monoisotopic (exact) mass is 406 g/mol. The first-order valence-electron chi connectivity index (χ1n) is 7.78. The minimum absolute atomic E-state index is 0.0205. The van der Waals surface area contributed by atoms with Gasteiger partial charge in [-0.25, -0.2) is 9.97 Å². The predicted octanol–water partition coefficient (Wildman–Crippen LogP) is 4.38.